The number of cyclic esters (lactones) is 1. The van der Waals surface area contributed by atoms with Crippen LogP contribution in [0.3, 0.4) is 0 Å². The Balaban J connectivity index is 1.78. The Kier molecular flexibility index (Phi) is 4.94. The first-order chi connectivity index (χ1) is 12.2. The van der Waals surface area contributed by atoms with Gasteiger partial charge in [-0.25, -0.2) is 4.79 Å². The Bertz CT molecular complexity index is 836. The maximum Gasteiger partial charge on any atom is 0.414 e. The van der Waals surface area contributed by atoms with E-state index in [0.717, 1.165) is 17.5 Å². The fraction of sp³-hybridized carbons (Fsp3) is 0.529. The number of hydrogen-bond acceptors (Lipinski definition) is 6. The molecule has 1 atom stereocenters. The number of rotatable bonds is 5. The first kappa shape index (κ1) is 18.7. The van der Waals surface area contributed by atoms with E-state index in [0.29, 0.717) is 18.5 Å². The zero-order valence-electron chi connectivity index (χ0n) is 15.0. The van der Waals surface area contributed by atoms with E-state index in [2.05, 4.69) is 0 Å². The highest BCUT2D eigenvalue weighted by Crippen LogP contribution is 2.34. The predicted molar refractivity (Wildman–Crippen MR) is 95.8 cm³/mol. The predicted octanol–water partition coefficient (Wildman–Crippen LogP) is 1.68. The molecule has 2 aliphatic rings. The largest absolute Gasteiger partial charge is 0.441 e. The summed E-state index contributed by atoms with van der Waals surface area (Å²) >= 11 is 0. The van der Waals surface area contributed by atoms with Gasteiger partial charge in [0.1, 0.15) is 12.7 Å². The molecule has 0 bridgehead atoms. The van der Waals surface area contributed by atoms with Gasteiger partial charge in [0.15, 0.2) is 0 Å². The van der Waals surface area contributed by atoms with Crippen LogP contribution in [0.4, 0.5) is 16.2 Å². The minimum Gasteiger partial charge on any atom is -0.441 e. The van der Waals surface area contributed by atoms with Crippen LogP contribution in [0, 0.1) is 0 Å². The summed E-state index contributed by atoms with van der Waals surface area (Å²) in [5, 5.41) is 0. The van der Waals surface area contributed by atoms with Gasteiger partial charge >= 0.3 is 6.09 Å². The van der Waals surface area contributed by atoms with Crippen molar-refractivity contribution in [3.8, 4) is 0 Å². The molecule has 0 spiro atoms. The van der Waals surface area contributed by atoms with Crippen molar-refractivity contribution in [1.29, 1.82) is 0 Å². The molecule has 0 saturated carbocycles. The molecule has 0 aliphatic carbocycles. The quantitative estimate of drug-likeness (QED) is 0.719. The maximum absolute atomic E-state index is 12.2. The normalized spacial score (nSPS) is 20.5. The zero-order valence-corrected chi connectivity index (χ0v) is 15.8. The highest BCUT2D eigenvalue weighted by atomic mass is 32.2. The number of anilines is 2. The summed E-state index contributed by atoms with van der Waals surface area (Å²) in [5.41, 5.74) is 2.53. The Morgan fingerprint density at radius 2 is 2.00 bits per heavy atom. The van der Waals surface area contributed by atoms with Crippen LogP contribution < -0.4 is 9.80 Å². The number of amides is 2. The average Bonchev–Trinajstić information content (AvgIpc) is 2.92. The van der Waals surface area contributed by atoms with Crippen molar-refractivity contribution in [3.05, 3.63) is 23.8 Å². The van der Waals surface area contributed by atoms with Crippen molar-refractivity contribution in [3.63, 3.8) is 0 Å². The molecule has 2 heterocycles. The zero-order chi connectivity index (χ0) is 19.1. The van der Waals surface area contributed by atoms with Crippen LogP contribution in [0.25, 0.3) is 0 Å². The number of nitrogens with zero attached hydrogens (tertiary/aromatic N) is 2. The smallest absolute Gasteiger partial charge is 0.414 e. The topological polar surface area (TPSA) is 93.2 Å². The molecule has 0 unspecified atom stereocenters. The summed E-state index contributed by atoms with van der Waals surface area (Å²) in [5.74, 6) is 0.0961. The molecule has 2 aliphatic heterocycles. The summed E-state index contributed by atoms with van der Waals surface area (Å²) in [6.07, 6.45) is 0.812. The van der Waals surface area contributed by atoms with Crippen molar-refractivity contribution in [2.75, 3.05) is 29.2 Å². The van der Waals surface area contributed by atoms with Gasteiger partial charge in [0.25, 0.3) is 10.1 Å². The van der Waals surface area contributed by atoms with Gasteiger partial charge in [-0.1, -0.05) is 0 Å². The maximum atomic E-state index is 12.2. The van der Waals surface area contributed by atoms with Crippen LogP contribution in [-0.4, -0.2) is 52.0 Å². The third kappa shape index (κ3) is 3.83. The molecule has 3 rings (SSSR count). The molecule has 0 aromatic heterocycles. The lowest BCUT2D eigenvalue weighted by molar-refractivity contribution is -0.119. The van der Waals surface area contributed by atoms with E-state index in [1.165, 1.54) is 4.90 Å². The fourth-order valence-corrected chi connectivity index (χ4v) is 3.66. The second-order valence-corrected chi connectivity index (χ2v) is 8.42. The van der Waals surface area contributed by atoms with Crippen LogP contribution >= 0.6 is 0 Å². The van der Waals surface area contributed by atoms with E-state index < -0.39 is 22.3 Å². The van der Waals surface area contributed by atoms with E-state index in [9.17, 15) is 18.0 Å². The van der Waals surface area contributed by atoms with Gasteiger partial charge in [0.05, 0.1) is 12.8 Å². The number of fused-ring (bicyclic) bond motifs is 1. The van der Waals surface area contributed by atoms with Crippen molar-refractivity contribution in [1.82, 2.24) is 0 Å². The van der Waals surface area contributed by atoms with Gasteiger partial charge in [0, 0.05) is 23.8 Å². The molecule has 2 amide bonds. The van der Waals surface area contributed by atoms with Crippen molar-refractivity contribution in [2.24, 2.45) is 0 Å². The summed E-state index contributed by atoms with van der Waals surface area (Å²) in [6, 6.07) is 5.56. The van der Waals surface area contributed by atoms with E-state index in [-0.39, 0.29) is 25.1 Å². The molecule has 0 radical (unpaired) electrons. The van der Waals surface area contributed by atoms with Gasteiger partial charge in [-0.2, -0.15) is 8.42 Å². The third-order valence-electron chi connectivity index (χ3n) is 4.37. The van der Waals surface area contributed by atoms with Gasteiger partial charge in [-0.05, 0) is 44.0 Å². The van der Waals surface area contributed by atoms with E-state index in [1.54, 1.807) is 11.0 Å². The lowest BCUT2D eigenvalue weighted by Gasteiger charge is -2.33. The van der Waals surface area contributed by atoms with Gasteiger partial charge in [-0.15, -0.1) is 0 Å². The van der Waals surface area contributed by atoms with Crippen LogP contribution in [0.1, 0.15) is 25.8 Å². The number of carbonyl (C=O) groups excluding carboxylic acids is 2. The molecule has 8 nitrogen and oxygen atoms in total. The number of aryl methyl sites for hydroxylation is 1. The molecular weight excluding hydrogens is 360 g/mol. The van der Waals surface area contributed by atoms with Crippen LogP contribution in [0.5, 0.6) is 0 Å². The molecule has 0 N–H and O–H groups in total. The van der Waals surface area contributed by atoms with Gasteiger partial charge in [0.2, 0.25) is 5.91 Å². The van der Waals surface area contributed by atoms with Crippen molar-refractivity contribution in [2.45, 2.75) is 38.8 Å². The van der Waals surface area contributed by atoms with Gasteiger partial charge < -0.3 is 9.64 Å². The molecule has 142 valence electrons. The summed E-state index contributed by atoms with van der Waals surface area (Å²) < 4.78 is 32.1. The summed E-state index contributed by atoms with van der Waals surface area (Å²) in [7, 11) is -3.59. The third-order valence-corrected chi connectivity index (χ3v) is 4.93. The van der Waals surface area contributed by atoms with Crippen molar-refractivity contribution >= 4 is 33.5 Å². The summed E-state index contributed by atoms with van der Waals surface area (Å²) in [6.45, 7) is 3.93. The summed E-state index contributed by atoms with van der Waals surface area (Å²) in [4.78, 5) is 27.5. The highest BCUT2D eigenvalue weighted by molar-refractivity contribution is 7.85. The number of carbonyl (C=O) groups is 2. The molecule has 9 heteroatoms. The standard InChI is InChI=1S/C17H22N2O6S/c1-11(2)19-15-6-5-13(8-12(15)4-7-16(19)20)18-9-14(25-17(18)21)10-24-26(3,22)23/h5-6,8,11,14H,4,7,9-10H2,1-3H3/t14-/m1/s1. The van der Waals surface area contributed by atoms with Crippen molar-refractivity contribution < 1.29 is 26.9 Å². The number of benzene rings is 1. The minimum atomic E-state index is -3.59. The van der Waals surface area contributed by atoms with Gasteiger partial charge in [-0.3, -0.25) is 13.9 Å². The van der Waals surface area contributed by atoms with E-state index in [1.807, 2.05) is 26.0 Å². The number of ether oxygens (including phenoxy) is 1. The van der Waals surface area contributed by atoms with Crippen LogP contribution in [-0.2, 0) is 30.3 Å². The Morgan fingerprint density at radius 1 is 1.27 bits per heavy atom. The molecular formula is C17H22N2O6S. The SMILES string of the molecule is CC(C)N1C(=O)CCc2cc(N3C[C@H](COS(C)(=O)=O)OC3=O)ccc21. The molecule has 26 heavy (non-hydrogen) atoms. The first-order valence-corrected chi connectivity index (χ1v) is 10.2. The lowest BCUT2D eigenvalue weighted by atomic mass is 9.99. The lowest BCUT2D eigenvalue weighted by Crippen LogP contribution is -2.40. The Hall–Kier alpha value is -2.13. The minimum absolute atomic E-state index is 0.0571. The number of hydrogen-bond donors (Lipinski definition) is 0. The van der Waals surface area contributed by atoms with Crippen LogP contribution in [0.2, 0.25) is 0 Å². The molecule has 1 fully saturated rings. The monoisotopic (exact) mass is 382 g/mol. The Labute approximate surface area is 152 Å². The first-order valence-electron chi connectivity index (χ1n) is 8.43. The highest BCUT2D eigenvalue weighted by Gasteiger charge is 2.34. The van der Waals surface area contributed by atoms with Crippen LogP contribution in [0.15, 0.2) is 18.2 Å². The van der Waals surface area contributed by atoms with E-state index >= 15 is 0 Å². The fourth-order valence-electron chi connectivity index (χ4n) is 3.26. The Morgan fingerprint density at radius 3 is 2.65 bits per heavy atom. The molecule has 1 aromatic rings. The second kappa shape index (κ2) is 6.88. The second-order valence-electron chi connectivity index (χ2n) is 6.78. The molecule has 1 aromatic carbocycles. The van der Waals surface area contributed by atoms with E-state index in [4.69, 9.17) is 8.92 Å². The average molecular weight is 382 g/mol. The molecule has 1 saturated heterocycles.